The molecule has 6 heterocycles. The first-order valence-electron chi connectivity index (χ1n) is 23.5. The fourth-order valence-electron chi connectivity index (χ4n) is 10.7. The Morgan fingerprint density at radius 2 is 1.57 bits per heavy atom. The van der Waals surface area contributed by atoms with Crippen molar-refractivity contribution in [2.24, 2.45) is 5.92 Å². The van der Waals surface area contributed by atoms with E-state index < -0.39 is 47.7 Å². The maximum absolute atomic E-state index is 13.8. The second-order valence-electron chi connectivity index (χ2n) is 18.3. The summed E-state index contributed by atoms with van der Waals surface area (Å²) in [5, 5.41) is 6.57. The van der Waals surface area contributed by atoms with E-state index in [1.807, 2.05) is 53.4 Å². The van der Waals surface area contributed by atoms with Crippen LogP contribution in [0.2, 0.25) is 0 Å². The van der Waals surface area contributed by atoms with Crippen LogP contribution in [0.15, 0.2) is 66.7 Å². The van der Waals surface area contributed by atoms with Gasteiger partial charge in [-0.3, -0.25) is 39.0 Å². The number of aromatic amines is 1. The molecule has 3 aromatic carbocycles. The van der Waals surface area contributed by atoms with E-state index in [1.54, 1.807) is 18.2 Å². The predicted molar refractivity (Wildman–Crippen MR) is 251 cm³/mol. The van der Waals surface area contributed by atoms with Crippen LogP contribution in [-0.4, -0.2) is 155 Å². The van der Waals surface area contributed by atoms with E-state index in [0.29, 0.717) is 43.2 Å². The maximum atomic E-state index is 13.8. The third kappa shape index (κ3) is 9.31. The smallest absolute Gasteiger partial charge is 0.328 e. The van der Waals surface area contributed by atoms with Gasteiger partial charge in [-0.15, -0.1) is 11.6 Å². The number of carbonyl (C=O) groups excluding carboxylic acids is 7. The number of aromatic nitrogens is 1. The summed E-state index contributed by atoms with van der Waals surface area (Å²) in [5.74, 6) is -2.71. The number of halogens is 1. The van der Waals surface area contributed by atoms with Crippen LogP contribution in [-0.2, 0) is 30.3 Å². The highest BCUT2D eigenvalue weighted by Crippen LogP contribution is 2.42. The van der Waals surface area contributed by atoms with Gasteiger partial charge in [0.25, 0.3) is 17.7 Å². The predicted octanol–water partition coefficient (Wildman–Crippen LogP) is 4.58. The number of para-hydroxylation sites is 1. The van der Waals surface area contributed by atoms with Crippen molar-refractivity contribution in [3.8, 4) is 0 Å². The molecule has 6 amide bonds. The molecule has 67 heavy (non-hydrogen) atoms. The minimum atomic E-state index is -0.990. The number of hydrogen-bond donors (Lipinski definition) is 3. The topological polar surface area (TPSA) is 185 Å². The molecule has 5 aliphatic heterocycles. The van der Waals surface area contributed by atoms with Gasteiger partial charge in [0.15, 0.2) is 0 Å². The van der Waals surface area contributed by atoms with E-state index in [1.165, 1.54) is 12.0 Å². The monoisotopic (exact) mass is 932 g/mol. The molecule has 9 rings (SSSR count). The van der Waals surface area contributed by atoms with E-state index in [-0.39, 0.29) is 41.7 Å². The molecule has 4 aromatic rings. The Labute approximate surface area is 394 Å². The number of imide groups is 2. The Morgan fingerprint density at radius 3 is 2.30 bits per heavy atom. The molecular weight excluding hydrogens is 876 g/mol. The van der Waals surface area contributed by atoms with Crippen LogP contribution in [0.3, 0.4) is 0 Å². The van der Waals surface area contributed by atoms with Gasteiger partial charge >= 0.3 is 5.97 Å². The summed E-state index contributed by atoms with van der Waals surface area (Å²) >= 11 is 6.13. The second kappa shape index (κ2) is 20.0. The third-order valence-corrected chi connectivity index (χ3v) is 14.5. The molecule has 5 aliphatic rings. The Balaban J connectivity index is 0.706. The van der Waals surface area contributed by atoms with Crippen molar-refractivity contribution >= 4 is 69.6 Å². The molecular formula is C50H57ClN8O8. The number of rotatable bonds is 14. The number of likely N-dealkylation sites (tertiary alicyclic amines) is 1. The number of anilines is 1. The lowest BCUT2D eigenvalue weighted by Crippen LogP contribution is -2.54. The fourth-order valence-corrected chi connectivity index (χ4v) is 10.9. The Kier molecular flexibility index (Phi) is 13.7. The molecule has 3 saturated heterocycles. The normalized spacial score (nSPS) is 21.6. The van der Waals surface area contributed by atoms with Crippen LogP contribution in [0, 0.1) is 5.92 Å². The zero-order valence-corrected chi connectivity index (χ0v) is 38.5. The van der Waals surface area contributed by atoms with Crippen molar-refractivity contribution in [1.82, 2.24) is 34.8 Å². The van der Waals surface area contributed by atoms with Crippen molar-refractivity contribution in [3.63, 3.8) is 0 Å². The molecule has 0 aliphatic carbocycles. The number of alkyl halides is 1. The zero-order chi connectivity index (χ0) is 46.8. The number of nitrogens with one attached hydrogen (secondary N) is 3. The maximum Gasteiger partial charge on any atom is 0.328 e. The molecule has 3 fully saturated rings. The van der Waals surface area contributed by atoms with Crippen molar-refractivity contribution in [2.75, 3.05) is 77.2 Å². The number of H-pyrrole nitrogens is 1. The number of methoxy groups -OCH3 is 1. The second-order valence-corrected chi connectivity index (χ2v) is 18.6. The molecule has 352 valence electrons. The van der Waals surface area contributed by atoms with Gasteiger partial charge < -0.3 is 34.6 Å². The van der Waals surface area contributed by atoms with Gasteiger partial charge in [0, 0.05) is 93.0 Å². The summed E-state index contributed by atoms with van der Waals surface area (Å²) in [4.78, 5) is 104. The molecule has 0 spiro atoms. The van der Waals surface area contributed by atoms with E-state index in [9.17, 15) is 33.6 Å². The van der Waals surface area contributed by atoms with Gasteiger partial charge in [0.2, 0.25) is 17.7 Å². The average molecular weight is 934 g/mol. The van der Waals surface area contributed by atoms with Crippen LogP contribution in [0.1, 0.15) is 98.9 Å². The summed E-state index contributed by atoms with van der Waals surface area (Å²) in [6.07, 6.45) is 5.36. The number of fused-ring (bicyclic) bond motifs is 4. The van der Waals surface area contributed by atoms with Crippen molar-refractivity contribution in [1.29, 1.82) is 0 Å². The van der Waals surface area contributed by atoms with Gasteiger partial charge in [-0.25, -0.2) is 4.79 Å². The van der Waals surface area contributed by atoms with E-state index in [4.69, 9.17) is 16.3 Å². The molecule has 3 atom stereocenters. The molecule has 0 radical (unpaired) electrons. The first kappa shape index (κ1) is 46.0. The highest BCUT2D eigenvalue weighted by molar-refractivity contribution is 6.27. The molecule has 0 saturated carbocycles. The van der Waals surface area contributed by atoms with Crippen LogP contribution < -0.4 is 10.6 Å². The first-order chi connectivity index (χ1) is 32.5. The third-order valence-electron chi connectivity index (χ3n) is 14.3. The van der Waals surface area contributed by atoms with E-state index >= 15 is 0 Å². The number of ether oxygens (including phenoxy) is 1. The van der Waals surface area contributed by atoms with E-state index in [0.717, 1.165) is 104 Å². The van der Waals surface area contributed by atoms with E-state index in [2.05, 4.69) is 25.4 Å². The number of piperidine rings is 2. The fraction of sp³-hybridized carbons (Fsp3) is 0.460. The molecule has 1 unspecified atom stereocenters. The zero-order valence-electron chi connectivity index (χ0n) is 37.8. The summed E-state index contributed by atoms with van der Waals surface area (Å²) < 4.78 is 5.17. The number of nitrogens with zero attached hydrogens (tertiary/aromatic N) is 5. The molecule has 17 heteroatoms. The van der Waals surface area contributed by atoms with Crippen molar-refractivity contribution < 1.29 is 38.3 Å². The molecule has 0 bridgehead atoms. The number of hydrogen-bond acceptors (Lipinski definition) is 11. The van der Waals surface area contributed by atoms with Gasteiger partial charge in [0.05, 0.1) is 24.3 Å². The SMILES string of the molecule is COC(=O)[C@H]1Cc2c([nH]c3ccccc23)[C@H](c2ccc(C(=O)N3CCC(CN4CCN(CCCCCNc5cccc6c5C(=O)N(C5CCC(=O)NC5=O)C6=O)CC4)CC3)cc2)N1C(=O)CCl. The average Bonchev–Trinajstić information content (AvgIpc) is 3.85. The largest absolute Gasteiger partial charge is 0.467 e. The summed E-state index contributed by atoms with van der Waals surface area (Å²) in [6, 6.07) is 17.9. The highest BCUT2D eigenvalue weighted by Gasteiger charge is 2.46. The number of esters is 1. The molecule has 16 nitrogen and oxygen atoms in total. The van der Waals surface area contributed by atoms with Gasteiger partial charge in [-0.05, 0) is 86.0 Å². The standard InChI is InChI=1S/C50H57ClN8O8/c1-67-50(66)40-28-36-34-8-3-4-10-37(34)53-44(36)45(58(40)42(61)29-51)32-12-14-33(15-13-32)47(63)57-22-18-31(19-23-57)30-56-26-24-55(25-27-56)21-6-2-5-20-52-38-11-7-9-35-43(38)49(65)59(48(35)64)39-16-17-41(60)54-46(39)62/h3-4,7-15,31,39-40,45,52-53H,2,5-6,16-30H2,1H3,(H,54,60,62)/t39?,40-,45+/m1/s1. The lowest BCUT2D eigenvalue weighted by atomic mass is 9.87. The summed E-state index contributed by atoms with van der Waals surface area (Å²) in [6.45, 7) is 8.16. The summed E-state index contributed by atoms with van der Waals surface area (Å²) in [7, 11) is 1.32. The number of unbranched alkanes of at least 4 members (excludes halogenated alkanes) is 2. The minimum Gasteiger partial charge on any atom is -0.467 e. The van der Waals surface area contributed by atoms with Crippen LogP contribution in [0.5, 0.6) is 0 Å². The number of benzene rings is 3. The first-order valence-corrected chi connectivity index (χ1v) is 24.0. The van der Waals surface area contributed by atoms with Crippen molar-refractivity contribution in [2.45, 2.75) is 69.5 Å². The summed E-state index contributed by atoms with van der Waals surface area (Å²) in [5.41, 5.74) is 5.17. The van der Waals surface area contributed by atoms with Crippen LogP contribution in [0.25, 0.3) is 10.9 Å². The molecule has 1 aromatic heterocycles. The number of carbonyl (C=O) groups is 7. The number of amides is 6. The van der Waals surface area contributed by atoms with Crippen LogP contribution in [0.4, 0.5) is 5.69 Å². The Bertz CT molecular complexity index is 2570. The van der Waals surface area contributed by atoms with Crippen LogP contribution >= 0.6 is 11.6 Å². The molecule has 3 N–H and O–H groups in total. The van der Waals surface area contributed by atoms with Gasteiger partial charge in [-0.1, -0.05) is 42.8 Å². The Morgan fingerprint density at radius 1 is 0.821 bits per heavy atom. The van der Waals surface area contributed by atoms with Crippen molar-refractivity contribution in [3.05, 3.63) is 100 Å². The highest BCUT2D eigenvalue weighted by atomic mass is 35.5. The minimum absolute atomic E-state index is 0.0148. The number of piperazine rings is 1. The van der Waals surface area contributed by atoms with Gasteiger partial charge in [-0.2, -0.15) is 0 Å². The lowest BCUT2D eigenvalue weighted by Gasteiger charge is -2.40. The quantitative estimate of drug-likeness (QED) is 0.0697. The Hall–Kier alpha value is -6.10. The van der Waals surface area contributed by atoms with Gasteiger partial charge in [0.1, 0.15) is 18.0 Å². The lowest BCUT2D eigenvalue weighted by molar-refractivity contribution is -0.154.